The van der Waals surface area contributed by atoms with E-state index in [1.807, 2.05) is 18.2 Å². The largest absolute Gasteiger partial charge is 0.481 e. The van der Waals surface area contributed by atoms with E-state index in [1.54, 1.807) is 6.20 Å². The molecule has 24 heavy (non-hydrogen) atoms. The summed E-state index contributed by atoms with van der Waals surface area (Å²) in [6.45, 7) is 4.91. The van der Waals surface area contributed by atoms with Gasteiger partial charge in [0.2, 0.25) is 0 Å². The zero-order valence-electron chi connectivity index (χ0n) is 14.0. The molecule has 124 valence electrons. The van der Waals surface area contributed by atoms with Gasteiger partial charge in [0.25, 0.3) is 0 Å². The molecule has 0 saturated carbocycles. The van der Waals surface area contributed by atoms with E-state index in [0.717, 1.165) is 35.5 Å². The van der Waals surface area contributed by atoms with E-state index in [2.05, 4.69) is 35.5 Å². The number of nitrogens with zero attached hydrogens (tertiary/aromatic N) is 3. The van der Waals surface area contributed by atoms with E-state index in [0.29, 0.717) is 6.42 Å². The fourth-order valence-corrected chi connectivity index (χ4v) is 2.84. The molecule has 3 rings (SSSR count). The molecular weight excluding hydrogens is 302 g/mol. The highest BCUT2D eigenvalue weighted by atomic mass is 16.4. The maximum Gasteiger partial charge on any atom is 0.303 e. The Morgan fingerprint density at radius 2 is 1.96 bits per heavy atom. The van der Waals surface area contributed by atoms with Gasteiger partial charge in [-0.05, 0) is 62.1 Å². The van der Waals surface area contributed by atoms with E-state index >= 15 is 0 Å². The van der Waals surface area contributed by atoms with Gasteiger partial charge in [-0.2, -0.15) is 0 Å². The number of hydrogen-bond donors (Lipinski definition) is 1. The van der Waals surface area contributed by atoms with Gasteiger partial charge < -0.3 is 9.67 Å². The number of hydrogen-bond acceptors (Lipinski definition) is 3. The van der Waals surface area contributed by atoms with Crippen molar-refractivity contribution in [2.75, 3.05) is 0 Å². The van der Waals surface area contributed by atoms with Gasteiger partial charge in [0.1, 0.15) is 5.69 Å². The van der Waals surface area contributed by atoms with Crippen LogP contribution in [-0.4, -0.2) is 25.6 Å². The standard InChI is InChI=1S/C19H21N3O2/c1-13-11-16-17(12-14(13)2)22(10-6-4-8-18(23)24)19(21-16)15-7-3-5-9-20-15/h3,5,7,9,11-12H,4,6,8,10H2,1-2H3,(H,23,24). The number of benzene rings is 1. The summed E-state index contributed by atoms with van der Waals surface area (Å²) >= 11 is 0. The Kier molecular flexibility index (Phi) is 4.60. The first-order valence-electron chi connectivity index (χ1n) is 8.17. The summed E-state index contributed by atoms with van der Waals surface area (Å²) in [4.78, 5) is 19.9. The molecule has 0 radical (unpaired) electrons. The Balaban J connectivity index is 2.02. The van der Waals surface area contributed by atoms with Crippen LogP contribution in [0.15, 0.2) is 36.5 Å². The highest BCUT2D eigenvalue weighted by Crippen LogP contribution is 2.26. The number of unbranched alkanes of at least 4 members (excludes halogenated alkanes) is 1. The number of carboxylic acids is 1. The molecule has 2 heterocycles. The third-order valence-corrected chi connectivity index (χ3v) is 4.28. The lowest BCUT2D eigenvalue weighted by molar-refractivity contribution is -0.137. The quantitative estimate of drug-likeness (QED) is 0.697. The summed E-state index contributed by atoms with van der Waals surface area (Å²) in [5, 5.41) is 8.81. The number of pyridine rings is 1. The van der Waals surface area contributed by atoms with Crippen molar-refractivity contribution in [3.63, 3.8) is 0 Å². The predicted molar refractivity (Wildman–Crippen MR) is 93.9 cm³/mol. The molecule has 0 bridgehead atoms. The van der Waals surface area contributed by atoms with Crippen LogP contribution in [0, 0.1) is 13.8 Å². The second-order valence-electron chi connectivity index (χ2n) is 6.08. The van der Waals surface area contributed by atoms with Crippen molar-refractivity contribution in [3.05, 3.63) is 47.7 Å². The van der Waals surface area contributed by atoms with Crippen LogP contribution < -0.4 is 0 Å². The summed E-state index contributed by atoms with van der Waals surface area (Å²) in [7, 11) is 0. The zero-order valence-corrected chi connectivity index (χ0v) is 14.0. The third kappa shape index (κ3) is 3.30. The molecule has 5 nitrogen and oxygen atoms in total. The molecule has 0 amide bonds. The Morgan fingerprint density at radius 1 is 1.17 bits per heavy atom. The number of carboxylic acid groups (broad SMARTS) is 1. The van der Waals surface area contributed by atoms with Crippen LogP contribution in [0.4, 0.5) is 0 Å². The lowest BCUT2D eigenvalue weighted by Crippen LogP contribution is -2.03. The lowest BCUT2D eigenvalue weighted by Gasteiger charge is -2.09. The van der Waals surface area contributed by atoms with Crippen LogP contribution in [0.25, 0.3) is 22.6 Å². The van der Waals surface area contributed by atoms with Crippen LogP contribution in [0.5, 0.6) is 0 Å². The predicted octanol–water partition coefficient (Wildman–Crippen LogP) is 3.97. The minimum absolute atomic E-state index is 0.198. The molecular formula is C19H21N3O2. The number of aliphatic carboxylic acids is 1. The molecule has 0 fully saturated rings. The van der Waals surface area contributed by atoms with Crippen LogP contribution in [0.1, 0.15) is 30.4 Å². The van der Waals surface area contributed by atoms with Crippen molar-refractivity contribution < 1.29 is 9.90 Å². The number of rotatable bonds is 6. The van der Waals surface area contributed by atoms with E-state index in [1.165, 1.54) is 11.1 Å². The topological polar surface area (TPSA) is 68.0 Å². The first-order valence-corrected chi connectivity index (χ1v) is 8.17. The van der Waals surface area contributed by atoms with Crippen LogP contribution >= 0.6 is 0 Å². The Bertz CT molecular complexity index is 869. The van der Waals surface area contributed by atoms with Gasteiger partial charge in [-0.25, -0.2) is 4.98 Å². The summed E-state index contributed by atoms with van der Waals surface area (Å²) in [5.74, 6) is 0.0906. The van der Waals surface area contributed by atoms with E-state index < -0.39 is 5.97 Å². The maximum atomic E-state index is 10.7. The second kappa shape index (κ2) is 6.83. The summed E-state index contributed by atoms with van der Waals surface area (Å²) in [6.07, 6.45) is 3.41. The monoisotopic (exact) mass is 323 g/mol. The highest BCUT2D eigenvalue weighted by Gasteiger charge is 2.14. The Labute approximate surface area is 141 Å². The fraction of sp³-hybridized carbons (Fsp3) is 0.316. The minimum atomic E-state index is -0.748. The molecule has 0 aliphatic heterocycles. The first-order chi connectivity index (χ1) is 11.6. The van der Waals surface area contributed by atoms with Gasteiger partial charge in [-0.3, -0.25) is 9.78 Å². The van der Waals surface area contributed by atoms with Gasteiger partial charge in [-0.15, -0.1) is 0 Å². The molecule has 0 aliphatic rings. The van der Waals surface area contributed by atoms with Gasteiger partial charge in [0, 0.05) is 19.2 Å². The van der Waals surface area contributed by atoms with Crippen LogP contribution in [0.2, 0.25) is 0 Å². The Hall–Kier alpha value is -2.69. The van der Waals surface area contributed by atoms with E-state index in [4.69, 9.17) is 10.1 Å². The van der Waals surface area contributed by atoms with Gasteiger partial charge in [-0.1, -0.05) is 6.07 Å². The number of aromatic nitrogens is 3. The van der Waals surface area contributed by atoms with Crippen molar-refractivity contribution in [1.82, 2.24) is 14.5 Å². The molecule has 3 aromatic rings. The molecule has 0 saturated heterocycles. The van der Waals surface area contributed by atoms with Crippen molar-refractivity contribution in [1.29, 1.82) is 0 Å². The van der Waals surface area contributed by atoms with Gasteiger partial charge >= 0.3 is 5.97 Å². The minimum Gasteiger partial charge on any atom is -0.481 e. The van der Waals surface area contributed by atoms with Crippen LogP contribution in [0.3, 0.4) is 0 Å². The van der Waals surface area contributed by atoms with Crippen molar-refractivity contribution in [2.45, 2.75) is 39.7 Å². The molecule has 0 atom stereocenters. The zero-order chi connectivity index (χ0) is 17.1. The molecule has 5 heteroatoms. The number of fused-ring (bicyclic) bond motifs is 1. The van der Waals surface area contributed by atoms with Crippen LogP contribution in [-0.2, 0) is 11.3 Å². The fourth-order valence-electron chi connectivity index (χ4n) is 2.84. The van der Waals surface area contributed by atoms with Crippen molar-refractivity contribution >= 4 is 17.0 Å². The average molecular weight is 323 g/mol. The van der Waals surface area contributed by atoms with E-state index in [-0.39, 0.29) is 6.42 Å². The average Bonchev–Trinajstić information content (AvgIpc) is 2.90. The summed E-state index contributed by atoms with van der Waals surface area (Å²) in [5.41, 5.74) is 5.31. The maximum absolute atomic E-state index is 10.7. The lowest BCUT2D eigenvalue weighted by atomic mass is 10.1. The van der Waals surface area contributed by atoms with Crippen molar-refractivity contribution in [3.8, 4) is 11.5 Å². The van der Waals surface area contributed by atoms with Gasteiger partial charge in [0.15, 0.2) is 5.82 Å². The number of imidazole rings is 1. The molecule has 0 spiro atoms. The molecule has 0 aliphatic carbocycles. The molecule has 2 aromatic heterocycles. The van der Waals surface area contributed by atoms with E-state index in [9.17, 15) is 4.79 Å². The molecule has 0 unspecified atom stereocenters. The second-order valence-corrected chi connectivity index (χ2v) is 6.08. The SMILES string of the molecule is Cc1cc2nc(-c3ccccn3)n(CCCCC(=O)O)c2cc1C. The van der Waals surface area contributed by atoms with Gasteiger partial charge in [0.05, 0.1) is 11.0 Å². The molecule has 1 N–H and O–H groups in total. The Morgan fingerprint density at radius 3 is 2.67 bits per heavy atom. The smallest absolute Gasteiger partial charge is 0.303 e. The molecule has 1 aromatic carbocycles. The first kappa shape index (κ1) is 16.2. The number of carbonyl (C=O) groups is 1. The summed E-state index contributed by atoms with van der Waals surface area (Å²) in [6, 6.07) is 10.0. The summed E-state index contributed by atoms with van der Waals surface area (Å²) < 4.78 is 2.16. The van der Waals surface area contributed by atoms with Crippen molar-refractivity contribution in [2.24, 2.45) is 0 Å². The third-order valence-electron chi connectivity index (χ3n) is 4.28. The number of aryl methyl sites for hydroxylation is 3. The highest BCUT2D eigenvalue weighted by molar-refractivity contribution is 5.81. The normalized spacial score (nSPS) is 11.1.